The van der Waals surface area contributed by atoms with Crippen LogP contribution >= 0.6 is 15.9 Å². The molecule has 9 heteroatoms. The number of carbonyl (C=O) groups excluding carboxylic acids is 1. The van der Waals surface area contributed by atoms with Gasteiger partial charge in [-0.1, -0.05) is 34.1 Å². The standard InChI is InChI=1S/C27H24BrF3N4O/c28-20-10-12-22(13-11-20)35-24-9-2-1-8-23(24)33-25(35)17-34-14-4-5-18(16-34)26(36)32-21-7-3-6-19(15-21)27(29,30)31/h1-3,6-13,15,18H,4-5,14,16-17H2,(H,32,36)/t18-/m0/s1. The summed E-state index contributed by atoms with van der Waals surface area (Å²) in [4.78, 5) is 20.0. The zero-order chi connectivity index (χ0) is 25.3. The van der Waals surface area contributed by atoms with E-state index in [9.17, 15) is 18.0 Å². The van der Waals surface area contributed by atoms with Crippen LogP contribution in [0.25, 0.3) is 16.7 Å². The quantitative estimate of drug-likeness (QED) is 0.299. The molecule has 5 rings (SSSR count). The Hall–Kier alpha value is -3.17. The molecule has 1 N–H and O–H groups in total. The zero-order valence-corrected chi connectivity index (χ0v) is 20.9. The topological polar surface area (TPSA) is 50.2 Å². The summed E-state index contributed by atoms with van der Waals surface area (Å²) in [6.45, 7) is 1.88. The van der Waals surface area contributed by atoms with Crippen LogP contribution in [0.5, 0.6) is 0 Å². The lowest BCUT2D eigenvalue weighted by molar-refractivity contribution is -0.137. The zero-order valence-electron chi connectivity index (χ0n) is 19.3. The third kappa shape index (κ3) is 5.32. The molecule has 1 amide bonds. The number of likely N-dealkylation sites (tertiary alicyclic amines) is 1. The first-order valence-corrected chi connectivity index (χ1v) is 12.5. The lowest BCUT2D eigenvalue weighted by Gasteiger charge is -2.31. The molecule has 0 bridgehead atoms. The van der Waals surface area contributed by atoms with Crippen molar-refractivity contribution in [1.29, 1.82) is 0 Å². The van der Waals surface area contributed by atoms with Crippen molar-refractivity contribution < 1.29 is 18.0 Å². The number of piperidine rings is 1. The van der Waals surface area contributed by atoms with Gasteiger partial charge in [0.15, 0.2) is 0 Å². The molecule has 0 saturated carbocycles. The number of aromatic nitrogens is 2. The number of nitrogens with zero attached hydrogens (tertiary/aromatic N) is 3. The van der Waals surface area contributed by atoms with Crippen LogP contribution in [0, 0.1) is 5.92 Å². The number of halogens is 4. The molecular weight excluding hydrogens is 533 g/mol. The van der Waals surface area contributed by atoms with Crippen molar-refractivity contribution >= 4 is 38.6 Å². The molecule has 186 valence electrons. The lowest BCUT2D eigenvalue weighted by atomic mass is 9.97. The van der Waals surface area contributed by atoms with Crippen molar-refractivity contribution in [2.24, 2.45) is 5.92 Å². The van der Waals surface area contributed by atoms with E-state index in [1.165, 1.54) is 12.1 Å². The predicted octanol–water partition coefficient (Wildman–Crippen LogP) is 6.66. The second-order valence-electron chi connectivity index (χ2n) is 8.97. The molecule has 5 nitrogen and oxygen atoms in total. The smallest absolute Gasteiger partial charge is 0.326 e. The summed E-state index contributed by atoms with van der Waals surface area (Å²) in [6.07, 6.45) is -2.95. The van der Waals surface area contributed by atoms with Gasteiger partial charge in [-0.2, -0.15) is 13.2 Å². The van der Waals surface area contributed by atoms with E-state index < -0.39 is 11.7 Å². The van der Waals surface area contributed by atoms with Gasteiger partial charge in [0.05, 0.1) is 29.1 Å². The maximum Gasteiger partial charge on any atom is 0.416 e. The number of para-hydroxylation sites is 2. The minimum Gasteiger partial charge on any atom is -0.326 e. The van der Waals surface area contributed by atoms with Crippen LogP contribution < -0.4 is 5.32 Å². The third-order valence-electron chi connectivity index (χ3n) is 6.41. The number of nitrogens with one attached hydrogen (secondary N) is 1. The molecule has 0 spiro atoms. The van der Waals surface area contributed by atoms with Crippen molar-refractivity contribution in [3.05, 3.63) is 88.7 Å². The highest BCUT2D eigenvalue weighted by molar-refractivity contribution is 9.10. The Morgan fingerprint density at radius 3 is 2.61 bits per heavy atom. The van der Waals surface area contributed by atoms with Crippen molar-refractivity contribution in [1.82, 2.24) is 14.5 Å². The van der Waals surface area contributed by atoms with Crippen LogP contribution in [0.1, 0.15) is 24.2 Å². The maximum absolute atomic E-state index is 13.0. The molecule has 1 aliphatic rings. The monoisotopic (exact) mass is 556 g/mol. The van der Waals surface area contributed by atoms with Gasteiger partial charge in [-0.25, -0.2) is 4.98 Å². The number of anilines is 1. The fraction of sp³-hybridized carbons (Fsp3) is 0.259. The summed E-state index contributed by atoms with van der Waals surface area (Å²) in [6, 6.07) is 20.8. The van der Waals surface area contributed by atoms with E-state index in [0.717, 1.165) is 52.1 Å². The first-order valence-electron chi connectivity index (χ1n) is 11.7. The number of rotatable bonds is 5. The van der Waals surface area contributed by atoms with Gasteiger partial charge in [-0.05, 0) is 74.0 Å². The number of hydrogen-bond donors (Lipinski definition) is 1. The molecule has 36 heavy (non-hydrogen) atoms. The summed E-state index contributed by atoms with van der Waals surface area (Å²) in [7, 11) is 0. The summed E-state index contributed by atoms with van der Waals surface area (Å²) >= 11 is 3.49. The van der Waals surface area contributed by atoms with Gasteiger partial charge in [0, 0.05) is 22.4 Å². The normalized spacial score (nSPS) is 16.8. The molecular formula is C27H24BrF3N4O. The van der Waals surface area contributed by atoms with Crippen molar-refractivity contribution in [3.8, 4) is 5.69 Å². The average Bonchev–Trinajstić information content (AvgIpc) is 3.22. The highest BCUT2D eigenvalue weighted by Crippen LogP contribution is 2.31. The van der Waals surface area contributed by atoms with Crippen molar-refractivity contribution in [2.45, 2.75) is 25.6 Å². The number of fused-ring (bicyclic) bond motifs is 1. The van der Waals surface area contributed by atoms with Crippen molar-refractivity contribution in [3.63, 3.8) is 0 Å². The summed E-state index contributed by atoms with van der Waals surface area (Å²) in [5.74, 6) is 0.289. The minimum absolute atomic E-state index is 0.156. The molecule has 3 aromatic carbocycles. The van der Waals surface area contributed by atoms with Crippen LogP contribution in [0.4, 0.5) is 18.9 Å². The number of hydrogen-bond acceptors (Lipinski definition) is 3. The van der Waals surface area contributed by atoms with Gasteiger partial charge in [-0.15, -0.1) is 0 Å². The van der Waals surface area contributed by atoms with Gasteiger partial charge >= 0.3 is 6.18 Å². The first-order chi connectivity index (χ1) is 17.3. The van der Waals surface area contributed by atoms with E-state index in [1.807, 2.05) is 48.5 Å². The van der Waals surface area contributed by atoms with Crippen LogP contribution in [0.15, 0.2) is 77.3 Å². The lowest BCUT2D eigenvalue weighted by Crippen LogP contribution is -2.40. The number of carbonyl (C=O) groups is 1. The first kappa shape index (κ1) is 24.5. The molecule has 0 radical (unpaired) electrons. The molecule has 1 aliphatic heterocycles. The molecule has 1 fully saturated rings. The minimum atomic E-state index is -4.46. The van der Waals surface area contributed by atoms with Crippen LogP contribution in [0.3, 0.4) is 0 Å². The molecule has 2 heterocycles. The Bertz CT molecular complexity index is 1380. The van der Waals surface area contributed by atoms with E-state index in [1.54, 1.807) is 0 Å². The average molecular weight is 557 g/mol. The Labute approximate surface area is 215 Å². The summed E-state index contributed by atoms with van der Waals surface area (Å²) in [5, 5.41) is 2.68. The van der Waals surface area contributed by atoms with E-state index in [-0.39, 0.29) is 17.5 Å². The third-order valence-corrected chi connectivity index (χ3v) is 6.94. The second-order valence-corrected chi connectivity index (χ2v) is 9.89. The molecule has 0 unspecified atom stereocenters. The Morgan fingerprint density at radius 1 is 1.06 bits per heavy atom. The maximum atomic E-state index is 13.0. The Kier molecular flexibility index (Phi) is 6.85. The van der Waals surface area contributed by atoms with Gasteiger partial charge in [0.25, 0.3) is 0 Å². The van der Waals surface area contributed by atoms with Gasteiger partial charge in [0.2, 0.25) is 5.91 Å². The number of amides is 1. The Balaban J connectivity index is 1.34. The fourth-order valence-electron chi connectivity index (χ4n) is 4.69. The molecule has 4 aromatic rings. The van der Waals surface area contributed by atoms with Crippen LogP contribution in [-0.4, -0.2) is 33.4 Å². The van der Waals surface area contributed by atoms with E-state index in [4.69, 9.17) is 4.98 Å². The number of benzene rings is 3. The number of alkyl halides is 3. The number of imidazole rings is 1. The van der Waals surface area contributed by atoms with Crippen molar-refractivity contribution in [2.75, 3.05) is 18.4 Å². The van der Waals surface area contributed by atoms with E-state index >= 15 is 0 Å². The SMILES string of the molecule is O=C(Nc1cccc(C(F)(F)F)c1)[C@H]1CCCN(Cc2nc3ccccc3n2-c2ccc(Br)cc2)C1. The fourth-order valence-corrected chi connectivity index (χ4v) is 4.96. The highest BCUT2D eigenvalue weighted by Gasteiger charge is 2.31. The van der Waals surface area contributed by atoms with E-state index in [0.29, 0.717) is 19.5 Å². The molecule has 1 aromatic heterocycles. The highest BCUT2D eigenvalue weighted by atomic mass is 79.9. The molecule has 1 atom stereocenters. The van der Waals surface area contributed by atoms with Gasteiger partial charge < -0.3 is 5.32 Å². The predicted molar refractivity (Wildman–Crippen MR) is 137 cm³/mol. The largest absolute Gasteiger partial charge is 0.416 e. The Morgan fingerprint density at radius 2 is 1.83 bits per heavy atom. The molecule has 0 aliphatic carbocycles. The second kappa shape index (κ2) is 10.1. The van der Waals surface area contributed by atoms with E-state index in [2.05, 4.69) is 30.7 Å². The summed E-state index contributed by atoms with van der Waals surface area (Å²) in [5.41, 5.74) is 2.27. The van der Waals surface area contributed by atoms with Gasteiger partial charge in [-0.3, -0.25) is 14.3 Å². The van der Waals surface area contributed by atoms with Crippen LogP contribution in [-0.2, 0) is 17.5 Å². The summed E-state index contributed by atoms with van der Waals surface area (Å²) < 4.78 is 42.2. The van der Waals surface area contributed by atoms with Crippen LogP contribution in [0.2, 0.25) is 0 Å². The molecule has 1 saturated heterocycles. The van der Waals surface area contributed by atoms with Gasteiger partial charge in [0.1, 0.15) is 5.82 Å².